The summed E-state index contributed by atoms with van der Waals surface area (Å²) in [6, 6.07) is -0.134. The summed E-state index contributed by atoms with van der Waals surface area (Å²) in [7, 11) is 0. The third kappa shape index (κ3) is 1.82. The van der Waals surface area contributed by atoms with Gasteiger partial charge in [-0.05, 0) is 19.4 Å². The third-order valence-electron chi connectivity index (χ3n) is 2.65. The number of carbonyl (C=O) groups excluding carboxylic acids is 1. The van der Waals surface area contributed by atoms with Crippen LogP contribution in [0.2, 0.25) is 0 Å². The number of hydrogen-bond donors (Lipinski definition) is 3. The molecule has 0 bridgehead atoms. The summed E-state index contributed by atoms with van der Waals surface area (Å²) in [5, 5.41) is 6.67. The number of rotatable bonds is 1. The van der Waals surface area contributed by atoms with E-state index in [4.69, 9.17) is 5.73 Å². The van der Waals surface area contributed by atoms with Crippen LogP contribution in [0.1, 0.15) is 12.8 Å². The molecule has 2 atom stereocenters. The first-order valence-corrected chi connectivity index (χ1v) is 5.62. The Morgan fingerprint density at radius 2 is 2.46 bits per heavy atom. The Bertz CT molecular complexity index is 215. The molecule has 2 aliphatic heterocycles. The van der Waals surface area contributed by atoms with Gasteiger partial charge >= 0.3 is 0 Å². The van der Waals surface area contributed by atoms with Crippen molar-refractivity contribution >= 4 is 17.7 Å². The second-order valence-electron chi connectivity index (χ2n) is 3.68. The number of thioether (sulfide) groups is 1. The maximum Gasteiger partial charge on any atom is 0.235 e. The first-order chi connectivity index (χ1) is 6.22. The minimum Gasteiger partial charge on any atom is -0.368 e. The molecule has 1 unspecified atom stereocenters. The monoisotopic (exact) mass is 201 g/mol. The standard InChI is InChI=1S/C8H15N3OS/c9-7(12)6-4-13-8(11-6)2-1-3-10-5-8/h6,10-11H,1-5H2,(H2,9,12)/t6-,8?/m0/s1. The predicted octanol–water partition coefficient (Wildman–Crippen LogP) is -0.744. The van der Waals surface area contributed by atoms with Gasteiger partial charge in [0.2, 0.25) is 5.91 Å². The van der Waals surface area contributed by atoms with Crippen molar-refractivity contribution in [3.63, 3.8) is 0 Å². The average Bonchev–Trinajstić information content (AvgIpc) is 2.51. The van der Waals surface area contributed by atoms with Crippen LogP contribution >= 0.6 is 11.8 Å². The molecular weight excluding hydrogens is 186 g/mol. The van der Waals surface area contributed by atoms with Crippen molar-refractivity contribution in [2.24, 2.45) is 5.73 Å². The summed E-state index contributed by atoms with van der Waals surface area (Å²) < 4.78 is 0. The van der Waals surface area contributed by atoms with E-state index in [-0.39, 0.29) is 16.8 Å². The number of amides is 1. The largest absolute Gasteiger partial charge is 0.368 e. The molecular formula is C8H15N3OS. The highest BCUT2D eigenvalue weighted by Crippen LogP contribution is 2.35. The van der Waals surface area contributed by atoms with Gasteiger partial charge in [-0.1, -0.05) is 0 Å². The van der Waals surface area contributed by atoms with E-state index in [9.17, 15) is 4.79 Å². The molecule has 0 aliphatic carbocycles. The molecule has 5 heteroatoms. The maximum atomic E-state index is 11.0. The number of hydrogen-bond acceptors (Lipinski definition) is 4. The third-order valence-corrected chi connectivity index (χ3v) is 4.17. The number of primary amides is 1. The van der Waals surface area contributed by atoms with Crippen LogP contribution in [0.4, 0.5) is 0 Å². The van der Waals surface area contributed by atoms with E-state index in [1.54, 1.807) is 0 Å². The molecule has 2 rings (SSSR count). The van der Waals surface area contributed by atoms with E-state index in [0.717, 1.165) is 25.3 Å². The average molecular weight is 201 g/mol. The summed E-state index contributed by atoms with van der Waals surface area (Å²) in [5.74, 6) is 0.590. The van der Waals surface area contributed by atoms with Gasteiger partial charge in [-0.2, -0.15) is 0 Å². The molecule has 0 saturated carbocycles. The highest BCUT2D eigenvalue weighted by molar-refractivity contribution is 8.01. The Kier molecular flexibility index (Phi) is 2.49. The molecule has 2 fully saturated rings. The molecule has 0 aromatic rings. The van der Waals surface area contributed by atoms with Crippen LogP contribution in [0.3, 0.4) is 0 Å². The predicted molar refractivity (Wildman–Crippen MR) is 53.4 cm³/mol. The van der Waals surface area contributed by atoms with E-state index in [0.29, 0.717) is 0 Å². The molecule has 2 heterocycles. The lowest BCUT2D eigenvalue weighted by Crippen LogP contribution is -2.54. The Hall–Kier alpha value is -0.260. The van der Waals surface area contributed by atoms with Crippen molar-refractivity contribution in [1.82, 2.24) is 10.6 Å². The number of piperidine rings is 1. The summed E-state index contributed by atoms with van der Waals surface area (Å²) >= 11 is 1.83. The van der Waals surface area contributed by atoms with Crippen molar-refractivity contribution in [2.45, 2.75) is 23.8 Å². The molecule has 4 N–H and O–H groups in total. The highest BCUT2D eigenvalue weighted by atomic mass is 32.2. The molecule has 74 valence electrons. The van der Waals surface area contributed by atoms with Gasteiger partial charge in [-0.25, -0.2) is 0 Å². The SMILES string of the molecule is NC(=O)[C@@H]1CSC2(CCCNC2)N1. The molecule has 0 aromatic carbocycles. The Morgan fingerprint density at radius 1 is 1.62 bits per heavy atom. The van der Waals surface area contributed by atoms with Crippen molar-refractivity contribution in [3.8, 4) is 0 Å². The normalized spacial score (nSPS) is 39.5. The molecule has 1 spiro atoms. The van der Waals surface area contributed by atoms with Crippen LogP contribution < -0.4 is 16.4 Å². The van der Waals surface area contributed by atoms with Crippen LogP contribution in [0.25, 0.3) is 0 Å². The van der Waals surface area contributed by atoms with E-state index in [2.05, 4.69) is 10.6 Å². The number of carbonyl (C=O) groups is 1. The minimum atomic E-state index is -0.227. The molecule has 0 radical (unpaired) electrons. The Labute approximate surface area is 82.0 Å². The van der Waals surface area contributed by atoms with Crippen LogP contribution in [0.5, 0.6) is 0 Å². The van der Waals surface area contributed by atoms with E-state index in [1.807, 2.05) is 11.8 Å². The molecule has 1 amide bonds. The smallest absolute Gasteiger partial charge is 0.235 e. The van der Waals surface area contributed by atoms with Crippen molar-refractivity contribution in [2.75, 3.05) is 18.8 Å². The van der Waals surface area contributed by atoms with Gasteiger partial charge in [0.05, 0.1) is 10.9 Å². The lowest BCUT2D eigenvalue weighted by molar-refractivity contribution is -0.119. The topological polar surface area (TPSA) is 67.2 Å². The number of nitrogens with one attached hydrogen (secondary N) is 2. The van der Waals surface area contributed by atoms with E-state index < -0.39 is 0 Å². The van der Waals surface area contributed by atoms with Crippen LogP contribution in [-0.2, 0) is 4.79 Å². The van der Waals surface area contributed by atoms with Gasteiger partial charge < -0.3 is 11.1 Å². The second kappa shape index (κ2) is 3.48. The lowest BCUT2D eigenvalue weighted by atomic mass is 10.1. The molecule has 13 heavy (non-hydrogen) atoms. The zero-order valence-corrected chi connectivity index (χ0v) is 8.32. The van der Waals surface area contributed by atoms with Crippen LogP contribution in [-0.4, -0.2) is 35.7 Å². The van der Waals surface area contributed by atoms with Gasteiger partial charge in [0.15, 0.2) is 0 Å². The van der Waals surface area contributed by atoms with Crippen molar-refractivity contribution in [3.05, 3.63) is 0 Å². The van der Waals surface area contributed by atoms with Gasteiger partial charge in [0, 0.05) is 12.3 Å². The Morgan fingerprint density at radius 3 is 3.00 bits per heavy atom. The highest BCUT2D eigenvalue weighted by Gasteiger charge is 2.41. The van der Waals surface area contributed by atoms with Crippen molar-refractivity contribution < 1.29 is 4.79 Å². The summed E-state index contributed by atoms with van der Waals surface area (Å²) in [5.41, 5.74) is 5.25. The van der Waals surface area contributed by atoms with Crippen LogP contribution in [0, 0.1) is 0 Å². The molecule has 4 nitrogen and oxygen atoms in total. The zero-order valence-electron chi connectivity index (χ0n) is 7.51. The van der Waals surface area contributed by atoms with Crippen LogP contribution in [0.15, 0.2) is 0 Å². The van der Waals surface area contributed by atoms with Gasteiger partial charge in [0.25, 0.3) is 0 Å². The summed E-state index contributed by atoms with van der Waals surface area (Å²) in [4.78, 5) is 11.0. The fourth-order valence-electron chi connectivity index (χ4n) is 1.92. The fourth-order valence-corrected chi connectivity index (χ4v) is 3.37. The summed E-state index contributed by atoms with van der Waals surface area (Å²) in [6.45, 7) is 2.03. The van der Waals surface area contributed by atoms with Gasteiger partial charge in [-0.15, -0.1) is 11.8 Å². The lowest BCUT2D eigenvalue weighted by Gasteiger charge is -2.33. The van der Waals surface area contributed by atoms with Gasteiger partial charge in [0.1, 0.15) is 0 Å². The van der Waals surface area contributed by atoms with E-state index >= 15 is 0 Å². The quantitative estimate of drug-likeness (QED) is 0.522. The first kappa shape index (κ1) is 9.30. The second-order valence-corrected chi connectivity index (χ2v) is 5.09. The molecule has 2 aliphatic rings. The number of nitrogens with two attached hydrogens (primary N) is 1. The zero-order chi connectivity index (χ0) is 9.31. The molecule has 0 aromatic heterocycles. The van der Waals surface area contributed by atoms with E-state index in [1.165, 1.54) is 6.42 Å². The molecule has 2 saturated heterocycles. The maximum absolute atomic E-state index is 11.0. The van der Waals surface area contributed by atoms with Gasteiger partial charge in [-0.3, -0.25) is 10.1 Å². The van der Waals surface area contributed by atoms with Crippen molar-refractivity contribution in [1.29, 1.82) is 0 Å². The fraction of sp³-hybridized carbons (Fsp3) is 0.875. The minimum absolute atomic E-state index is 0.0813. The summed E-state index contributed by atoms with van der Waals surface area (Å²) in [6.07, 6.45) is 2.31. The first-order valence-electron chi connectivity index (χ1n) is 4.64. The Balaban J connectivity index is 1.98.